The van der Waals surface area contributed by atoms with Gasteiger partial charge in [0.25, 0.3) is 0 Å². The summed E-state index contributed by atoms with van der Waals surface area (Å²) in [7, 11) is 0. The summed E-state index contributed by atoms with van der Waals surface area (Å²) in [6.07, 6.45) is -1.70. The van der Waals surface area contributed by atoms with Gasteiger partial charge in [0.15, 0.2) is 17.3 Å². The van der Waals surface area contributed by atoms with Crippen molar-refractivity contribution in [1.29, 1.82) is 0 Å². The smallest absolute Gasteiger partial charge is 0.542 e. The normalized spacial score (nSPS) is 8.25. The van der Waals surface area contributed by atoms with Crippen molar-refractivity contribution in [2.75, 3.05) is 0 Å². The van der Waals surface area contributed by atoms with E-state index in [-0.39, 0.29) is 17.1 Å². The predicted molar refractivity (Wildman–Crippen MR) is 75.9 cm³/mol. The number of rotatable bonds is 9. The summed E-state index contributed by atoms with van der Waals surface area (Å²) in [6.45, 7) is 3.42. The van der Waals surface area contributed by atoms with Gasteiger partial charge in [0, 0.05) is 0 Å². The van der Waals surface area contributed by atoms with Crippen LogP contribution in [0.2, 0.25) is 0 Å². The fraction of sp³-hybridized carbons (Fsp3) is 0.400. The van der Waals surface area contributed by atoms with Crippen molar-refractivity contribution in [2.24, 2.45) is 0 Å². The largest absolute Gasteiger partial charge is 3.00 e. The van der Waals surface area contributed by atoms with E-state index in [1.54, 1.807) is 0 Å². The first-order chi connectivity index (χ1) is 12.1. The Morgan fingerprint density at radius 2 is 0.607 bits per heavy atom. The molecule has 1 radical (unpaired) electrons. The summed E-state index contributed by atoms with van der Waals surface area (Å²) in [5, 5.41) is 28.9. The number of hydrogen-bond acceptors (Lipinski definition) is 12. The molecule has 0 aliphatic rings. The first-order valence-electron chi connectivity index (χ1n) is 6.82. The zero-order chi connectivity index (χ0) is 22.3. The summed E-state index contributed by atoms with van der Waals surface area (Å²) >= 11 is 0. The number of ketones is 6. The molecule has 13 heteroatoms. The van der Waals surface area contributed by atoms with E-state index in [1.807, 2.05) is 0 Å². The van der Waals surface area contributed by atoms with Crippen LogP contribution in [0.15, 0.2) is 0 Å². The van der Waals surface area contributed by atoms with Crippen LogP contribution in [0.5, 0.6) is 0 Å². The average molecular weight is 443 g/mol. The molecule has 155 valence electrons. The molecular weight excluding hydrogens is 428 g/mol. The second kappa shape index (κ2) is 17.4. The van der Waals surface area contributed by atoms with Gasteiger partial charge < -0.3 is 29.7 Å². The van der Waals surface area contributed by atoms with E-state index in [0.29, 0.717) is 0 Å². The van der Waals surface area contributed by atoms with Crippen molar-refractivity contribution < 1.29 is 75.5 Å². The summed E-state index contributed by atoms with van der Waals surface area (Å²) in [5.41, 5.74) is 0. The third-order valence-corrected chi connectivity index (χ3v) is 1.91. The van der Waals surface area contributed by atoms with Crippen LogP contribution >= 0.6 is 0 Å². The first kappa shape index (κ1) is 32.6. The summed E-state index contributed by atoms with van der Waals surface area (Å²) in [4.78, 5) is 89.2. The number of carbonyl (C=O) groups excluding carboxylic acids is 9. The molecule has 0 bridgehead atoms. The minimum Gasteiger partial charge on any atom is -0.542 e. The quantitative estimate of drug-likeness (QED) is 0.185. The van der Waals surface area contributed by atoms with E-state index >= 15 is 0 Å². The van der Waals surface area contributed by atoms with E-state index < -0.39 is 71.9 Å². The Hall–Kier alpha value is -3.05. The second-order valence-electron chi connectivity index (χ2n) is 4.77. The Bertz CT molecular complexity index is 572. The molecule has 0 saturated heterocycles. The number of carboxylic acids is 3. The van der Waals surface area contributed by atoms with Crippen molar-refractivity contribution in [3.63, 3.8) is 0 Å². The molecule has 0 N–H and O–H groups in total. The monoisotopic (exact) mass is 443 g/mol. The molecule has 0 aromatic heterocycles. The Balaban J connectivity index is -0.000000152. The zero-order valence-electron chi connectivity index (χ0n) is 14.9. The Morgan fingerprint density at radius 1 is 0.464 bits per heavy atom. The fourth-order valence-corrected chi connectivity index (χ4v) is 0.895. The molecule has 0 heterocycles. The SMILES string of the molecule is CC(=O)CC(=O)C(=O)[O-].CC(=O)CC(=O)C(=O)[O-].CC(=O)CC(=O)C(=O)[O-].[Fe+3]. The Labute approximate surface area is 168 Å². The maximum atomic E-state index is 10.1. The molecular formula is C15H15FeO12. The number of carbonyl (C=O) groups is 9. The van der Waals surface area contributed by atoms with Crippen LogP contribution in [-0.2, 0) is 60.2 Å². The van der Waals surface area contributed by atoms with Crippen molar-refractivity contribution in [2.45, 2.75) is 40.0 Å². The molecule has 0 aliphatic heterocycles. The topological polar surface area (TPSA) is 223 Å². The van der Waals surface area contributed by atoms with E-state index in [2.05, 4.69) is 0 Å². The maximum Gasteiger partial charge on any atom is 3.00 e. The molecule has 0 rings (SSSR count). The molecule has 0 fully saturated rings. The van der Waals surface area contributed by atoms with E-state index in [0.717, 1.165) is 20.8 Å². The van der Waals surface area contributed by atoms with Gasteiger partial charge in [-0.2, -0.15) is 0 Å². The number of Topliss-reactive ketones (excluding diaryl/α,β-unsaturated/α-hetero) is 6. The van der Waals surface area contributed by atoms with Crippen LogP contribution in [0, 0.1) is 0 Å². The minimum atomic E-state index is -1.80. The number of carboxylic acid groups (broad SMARTS) is 3. The molecule has 0 saturated carbocycles. The third kappa shape index (κ3) is 25.2. The summed E-state index contributed by atoms with van der Waals surface area (Å²) < 4.78 is 0. The molecule has 0 atom stereocenters. The molecule has 0 spiro atoms. The van der Waals surface area contributed by atoms with Gasteiger partial charge in [0.1, 0.15) is 35.3 Å². The van der Waals surface area contributed by atoms with Gasteiger partial charge in [-0.15, -0.1) is 0 Å². The van der Waals surface area contributed by atoms with Gasteiger partial charge in [-0.05, 0) is 20.8 Å². The first-order valence-corrected chi connectivity index (χ1v) is 6.82. The summed E-state index contributed by atoms with van der Waals surface area (Å²) in [5.74, 6) is -10.3. The predicted octanol–water partition coefficient (Wildman–Crippen LogP) is -5.15. The van der Waals surface area contributed by atoms with Gasteiger partial charge in [-0.1, -0.05) is 0 Å². The van der Waals surface area contributed by atoms with Crippen LogP contribution in [0.4, 0.5) is 0 Å². The standard InChI is InChI=1S/3C5H6O4.Fe/c3*1-3(6)2-4(7)5(8)9;/h3*2H2,1H3,(H,8,9);/q;;;+3/p-3. The Morgan fingerprint density at radius 3 is 0.643 bits per heavy atom. The van der Waals surface area contributed by atoms with Crippen LogP contribution < -0.4 is 15.3 Å². The van der Waals surface area contributed by atoms with Crippen molar-refractivity contribution in [1.82, 2.24) is 0 Å². The van der Waals surface area contributed by atoms with Crippen molar-refractivity contribution in [3.05, 3.63) is 0 Å². The van der Waals surface area contributed by atoms with Gasteiger partial charge in [0.05, 0.1) is 19.3 Å². The zero-order valence-corrected chi connectivity index (χ0v) is 16.0. The average Bonchev–Trinajstić information content (AvgIpc) is 2.46. The van der Waals surface area contributed by atoms with Crippen LogP contribution in [-0.4, -0.2) is 52.6 Å². The number of aliphatic carboxylic acids is 3. The van der Waals surface area contributed by atoms with Gasteiger partial charge in [0.2, 0.25) is 0 Å². The van der Waals surface area contributed by atoms with Crippen LogP contribution in [0.1, 0.15) is 40.0 Å². The number of hydrogen-bond donors (Lipinski definition) is 0. The second-order valence-corrected chi connectivity index (χ2v) is 4.77. The third-order valence-electron chi connectivity index (χ3n) is 1.91. The van der Waals surface area contributed by atoms with Crippen LogP contribution in [0.25, 0.3) is 0 Å². The molecule has 0 unspecified atom stereocenters. The fourth-order valence-electron chi connectivity index (χ4n) is 0.895. The molecule has 12 nitrogen and oxygen atoms in total. The van der Waals surface area contributed by atoms with Crippen molar-refractivity contribution in [3.8, 4) is 0 Å². The summed E-state index contributed by atoms with van der Waals surface area (Å²) in [6, 6.07) is 0. The molecule has 0 aromatic rings. The van der Waals surface area contributed by atoms with E-state index in [1.165, 1.54) is 0 Å². The van der Waals surface area contributed by atoms with E-state index in [4.69, 9.17) is 0 Å². The van der Waals surface area contributed by atoms with Gasteiger partial charge >= 0.3 is 17.1 Å². The molecule has 0 amide bonds. The van der Waals surface area contributed by atoms with Crippen LogP contribution in [0.3, 0.4) is 0 Å². The Kier molecular flexibility index (Phi) is 20.2. The van der Waals surface area contributed by atoms with Gasteiger partial charge in [-0.3, -0.25) is 28.8 Å². The van der Waals surface area contributed by atoms with Gasteiger partial charge in [-0.25, -0.2) is 0 Å². The molecule has 0 aromatic carbocycles. The van der Waals surface area contributed by atoms with Crippen molar-refractivity contribution >= 4 is 52.6 Å². The molecule has 28 heavy (non-hydrogen) atoms. The maximum absolute atomic E-state index is 10.1. The van der Waals surface area contributed by atoms with E-state index in [9.17, 15) is 58.5 Å². The minimum absolute atomic E-state index is 0. The molecule has 0 aliphatic carbocycles.